The summed E-state index contributed by atoms with van der Waals surface area (Å²) in [6.45, 7) is -0.415. The van der Waals surface area contributed by atoms with Crippen LogP contribution in [-0.4, -0.2) is 23.6 Å². The van der Waals surface area contributed by atoms with E-state index in [0.717, 1.165) is 0 Å². The van der Waals surface area contributed by atoms with E-state index in [1.807, 2.05) is 0 Å². The summed E-state index contributed by atoms with van der Waals surface area (Å²) < 4.78 is 4.86. The molecule has 1 rings (SSSR count). The Balaban J connectivity index is 0.000000557. The van der Waals surface area contributed by atoms with Gasteiger partial charge >= 0.3 is 5.97 Å². The van der Waals surface area contributed by atoms with Crippen LogP contribution >= 0.6 is 23.2 Å². The molecule has 8 heteroatoms. The van der Waals surface area contributed by atoms with Gasteiger partial charge in [0.25, 0.3) is 0 Å². The highest BCUT2D eigenvalue weighted by atomic mass is 35.5. The van der Waals surface area contributed by atoms with Gasteiger partial charge < -0.3 is 21.3 Å². The number of rotatable bonds is 3. The quantitative estimate of drug-likeness (QED) is 0.491. The van der Waals surface area contributed by atoms with E-state index in [4.69, 9.17) is 38.5 Å². The molecule has 0 heterocycles. The van der Waals surface area contributed by atoms with Crippen molar-refractivity contribution in [1.82, 2.24) is 0 Å². The minimum absolute atomic E-state index is 0.300. The number of carboxylic acid groups (broad SMARTS) is 1. The number of hydrogen-bond donors (Lipinski definition) is 4. The van der Waals surface area contributed by atoms with E-state index in [0.29, 0.717) is 15.8 Å². The van der Waals surface area contributed by atoms with Crippen molar-refractivity contribution in [2.45, 2.75) is 0 Å². The normalized spacial score (nSPS) is 8.82. The second-order valence-electron chi connectivity index (χ2n) is 2.71. The molecule has 0 saturated heterocycles. The Labute approximate surface area is 108 Å². The van der Waals surface area contributed by atoms with E-state index in [-0.39, 0.29) is 5.96 Å². The molecule has 0 amide bonds. The summed E-state index contributed by atoms with van der Waals surface area (Å²) in [5, 5.41) is 15.2. The first-order valence-electron chi connectivity index (χ1n) is 4.22. The first-order chi connectivity index (χ1) is 7.82. The maximum absolute atomic E-state index is 10.2. The Morgan fingerprint density at radius 2 is 1.94 bits per heavy atom. The minimum atomic E-state index is -1.05. The first kappa shape index (κ1) is 15.3. The number of guanidine groups is 1. The number of carboxylic acids is 1. The number of carbonyl (C=O) groups is 1. The summed E-state index contributed by atoms with van der Waals surface area (Å²) in [6, 6.07) is 4.58. The lowest BCUT2D eigenvalue weighted by Gasteiger charge is -2.04. The van der Waals surface area contributed by atoms with E-state index in [9.17, 15) is 4.79 Å². The summed E-state index contributed by atoms with van der Waals surface area (Å²) in [7, 11) is 0. The van der Waals surface area contributed by atoms with Gasteiger partial charge in [0, 0.05) is 5.02 Å². The largest absolute Gasteiger partial charge is 0.480 e. The predicted octanol–water partition coefficient (Wildman–Crippen LogP) is 1.30. The van der Waals surface area contributed by atoms with Gasteiger partial charge in [-0.05, 0) is 18.2 Å². The molecule has 0 bridgehead atoms. The van der Waals surface area contributed by atoms with Crippen LogP contribution in [0.4, 0.5) is 0 Å². The SMILES string of the molecule is N=C(N)N.O=C(O)COc1ccc(Cl)cc1Cl. The topological polar surface area (TPSA) is 122 Å². The Kier molecular flexibility index (Phi) is 6.85. The zero-order chi connectivity index (χ0) is 13.4. The lowest BCUT2D eigenvalue weighted by molar-refractivity contribution is -0.139. The van der Waals surface area contributed by atoms with Gasteiger partial charge in [-0.15, -0.1) is 0 Å². The van der Waals surface area contributed by atoms with Gasteiger partial charge in [-0.3, -0.25) is 5.41 Å². The molecule has 0 aliphatic rings. The molecule has 0 radical (unpaired) electrons. The molecule has 0 fully saturated rings. The lowest BCUT2D eigenvalue weighted by Crippen LogP contribution is -2.20. The number of ether oxygens (including phenoxy) is 1. The maximum Gasteiger partial charge on any atom is 0.341 e. The third-order valence-corrected chi connectivity index (χ3v) is 1.78. The molecule has 0 aliphatic carbocycles. The van der Waals surface area contributed by atoms with Crippen molar-refractivity contribution in [2.75, 3.05) is 6.61 Å². The lowest BCUT2D eigenvalue weighted by atomic mass is 10.3. The van der Waals surface area contributed by atoms with Gasteiger partial charge in [0.15, 0.2) is 12.6 Å². The second kappa shape index (κ2) is 7.59. The highest BCUT2D eigenvalue weighted by Crippen LogP contribution is 2.27. The van der Waals surface area contributed by atoms with Crippen molar-refractivity contribution in [3.05, 3.63) is 28.2 Å². The zero-order valence-corrected chi connectivity index (χ0v) is 10.1. The van der Waals surface area contributed by atoms with Crippen molar-refractivity contribution < 1.29 is 14.6 Å². The van der Waals surface area contributed by atoms with Gasteiger partial charge in [-0.25, -0.2) is 4.79 Å². The van der Waals surface area contributed by atoms with Gasteiger partial charge in [0.2, 0.25) is 0 Å². The molecule has 1 aromatic carbocycles. The van der Waals surface area contributed by atoms with E-state index in [1.165, 1.54) is 12.1 Å². The molecule has 17 heavy (non-hydrogen) atoms. The molecule has 6 nitrogen and oxygen atoms in total. The van der Waals surface area contributed by atoms with E-state index < -0.39 is 12.6 Å². The van der Waals surface area contributed by atoms with Crippen LogP contribution in [0.15, 0.2) is 18.2 Å². The second-order valence-corrected chi connectivity index (χ2v) is 3.56. The summed E-state index contributed by atoms with van der Waals surface area (Å²) in [5.74, 6) is -1.07. The first-order valence-corrected chi connectivity index (χ1v) is 4.97. The molecule has 94 valence electrons. The summed E-state index contributed by atoms with van der Waals surface area (Å²) in [4.78, 5) is 10.2. The van der Waals surface area contributed by atoms with Crippen LogP contribution < -0.4 is 16.2 Å². The van der Waals surface area contributed by atoms with Crippen molar-refractivity contribution in [2.24, 2.45) is 11.5 Å². The standard InChI is InChI=1S/C8H6Cl2O3.CH5N3/c9-5-1-2-7(6(10)3-5)13-4-8(11)12;2-1(3)4/h1-3H,4H2,(H,11,12);(H5,2,3,4). The zero-order valence-electron chi connectivity index (χ0n) is 8.61. The Morgan fingerprint density at radius 3 is 2.35 bits per heavy atom. The predicted molar refractivity (Wildman–Crippen MR) is 65.7 cm³/mol. The van der Waals surface area contributed by atoms with Crippen LogP contribution in [-0.2, 0) is 4.79 Å². The average molecular weight is 280 g/mol. The molecule has 6 N–H and O–H groups in total. The number of halogens is 2. The molecule has 0 saturated carbocycles. The number of nitrogens with two attached hydrogens (primary N) is 2. The van der Waals surface area contributed by atoms with Crippen molar-refractivity contribution in [1.29, 1.82) is 5.41 Å². The smallest absolute Gasteiger partial charge is 0.341 e. The Bertz CT molecular complexity index is 408. The number of aliphatic carboxylic acids is 1. The van der Waals surface area contributed by atoms with E-state index >= 15 is 0 Å². The fourth-order valence-electron chi connectivity index (χ4n) is 0.732. The van der Waals surface area contributed by atoms with Crippen molar-refractivity contribution in [3.8, 4) is 5.75 Å². The Hall–Kier alpha value is -1.66. The highest BCUT2D eigenvalue weighted by molar-refractivity contribution is 6.35. The van der Waals surface area contributed by atoms with Gasteiger partial charge in [0.1, 0.15) is 5.75 Å². The van der Waals surface area contributed by atoms with Crippen LogP contribution in [0.5, 0.6) is 5.75 Å². The van der Waals surface area contributed by atoms with Gasteiger partial charge in [-0.1, -0.05) is 23.2 Å². The van der Waals surface area contributed by atoms with Crippen molar-refractivity contribution in [3.63, 3.8) is 0 Å². The molecular formula is C9H11Cl2N3O3. The molecule has 0 spiro atoms. The van der Waals surface area contributed by atoms with Gasteiger partial charge in [0.05, 0.1) is 5.02 Å². The van der Waals surface area contributed by atoms with Gasteiger partial charge in [-0.2, -0.15) is 0 Å². The summed E-state index contributed by atoms with van der Waals surface area (Å²) >= 11 is 11.3. The Morgan fingerprint density at radius 1 is 1.41 bits per heavy atom. The molecule has 1 aromatic rings. The minimum Gasteiger partial charge on any atom is -0.480 e. The number of nitrogens with one attached hydrogen (secondary N) is 1. The average Bonchev–Trinajstić information content (AvgIpc) is 2.15. The molecule has 0 unspecified atom stereocenters. The van der Waals surface area contributed by atoms with Crippen molar-refractivity contribution >= 4 is 35.1 Å². The molecule has 0 aliphatic heterocycles. The fourth-order valence-corrected chi connectivity index (χ4v) is 1.19. The summed E-state index contributed by atoms with van der Waals surface area (Å²) in [5.41, 5.74) is 8.94. The van der Waals surface area contributed by atoms with Crippen LogP contribution in [0.25, 0.3) is 0 Å². The van der Waals surface area contributed by atoms with Crippen LogP contribution in [0.3, 0.4) is 0 Å². The highest BCUT2D eigenvalue weighted by Gasteiger charge is 2.04. The molecule has 0 atom stereocenters. The van der Waals surface area contributed by atoms with Crippen LogP contribution in [0.2, 0.25) is 10.0 Å². The maximum atomic E-state index is 10.2. The van der Waals surface area contributed by atoms with Crippen LogP contribution in [0, 0.1) is 5.41 Å². The summed E-state index contributed by atoms with van der Waals surface area (Å²) in [6.07, 6.45) is 0. The third-order valence-electron chi connectivity index (χ3n) is 1.25. The van der Waals surface area contributed by atoms with E-state index in [1.54, 1.807) is 6.07 Å². The fraction of sp³-hybridized carbons (Fsp3) is 0.111. The number of benzene rings is 1. The molecular weight excluding hydrogens is 269 g/mol. The third kappa shape index (κ3) is 8.18. The van der Waals surface area contributed by atoms with E-state index in [2.05, 4.69) is 11.5 Å². The monoisotopic (exact) mass is 279 g/mol. The van der Waals surface area contributed by atoms with Crippen LogP contribution in [0.1, 0.15) is 0 Å². The number of hydrogen-bond acceptors (Lipinski definition) is 3. The molecule has 0 aromatic heterocycles.